The van der Waals surface area contributed by atoms with Crippen molar-refractivity contribution in [3.63, 3.8) is 0 Å². The molecule has 5 amide bonds. The molecule has 0 aromatic heterocycles. The van der Waals surface area contributed by atoms with Crippen LogP contribution in [-0.2, 0) is 30.3 Å². The molecule has 6 N–H and O–H groups in total. The lowest BCUT2D eigenvalue weighted by atomic mass is 9.79. The van der Waals surface area contributed by atoms with Gasteiger partial charge in [-0.2, -0.15) is 10.1 Å². The van der Waals surface area contributed by atoms with Gasteiger partial charge in [0.25, 0.3) is 0 Å². The van der Waals surface area contributed by atoms with Gasteiger partial charge in [0, 0.05) is 47.6 Å². The Hall–Kier alpha value is -4.05. The predicted octanol–water partition coefficient (Wildman–Crippen LogP) is 5.73. The highest BCUT2D eigenvalue weighted by Crippen LogP contribution is 2.38. The number of hydrogen-bond donors (Lipinski definition) is 6. The van der Waals surface area contributed by atoms with E-state index >= 15 is 0 Å². The van der Waals surface area contributed by atoms with Crippen molar-refractivity contribution in [2.45, 2.75) is 187 Å². The molecule has 1 aromatic carbocycles. The van der Waals surface area contributed by atoms with Gasteiger partial charge in [-0.3, -0.25) is 19.2 Å². The number of carbonyl (C=O) groups excluding carboxylic acids is 5. The molecule has 15 heteroatoms. The Kier molecular flexibility index (Phi) is 16.8. The fourth-order valence-corrected chi connectivity index (χ4v) is 9.90. The third-order valence-corrected chi connectivity index (χ3v) is 12.6. The number of rotatable bonds is 16. The maximum Gasteiger partial charge on any atom is 0.407 e. The third-order valence-electron chi connectivity index (χ3n) is 12.6. The Bertz CT molecular complexity index is 1710. The number of hydrogen-bond acceptors (Lipinski definition) is 10. The van der Waals surface area contributed by atoms with Crippen molar-refractivity contribution in [2.24, 2.45) is 17.8 Å². The molecule has 0 aliphatic carbocycles. The maximum absolute atomic E-state index is 14.5. The highest BCUT2D eigenvalue weighted by molar-refractivity contribution is 5.94. The summed E-state index contributed by atoms with van der Waals surface area (Å²) in [4.78, 5) is 70.0. The number of ether oxygens (including phenoxy) is 1. The number of benzene rings is 1. The Morgan fingerprint density at radius 2 is 1.37 bits per heavy atom. The zero-order valence-corrected chi connectivity index (χ0v) is 39.4. The summed E-state index contributed by atoms with van der Waals surface area (Å²) in [6.07, 6.45) is 6.72. The molecule has 3 fully saturated rings. The standard InChI is InChI=1S/C47H77N7O8/c1-30(2)23-34(50-43(59)62-36-27-46(9,10)54(61)47(11,12)28-36)21-20-33(24-32-17-14-13-15-18-32)42(58)52-22-16-19-37(52)40(56)51-39(31(3)4)41(57)48-29-38(55)49-35-25-44(5,6)53(60)45(7,8)26-35/h13-15,17-18,20-21,30-31,33-37,39,60-61H,16,19,22-29H2,1-12H3,(H,48,57)(H,49,55)(H,50,59)(H,51,56)/b21-20+/t33-,34?,37?,39?/m1/s1. The number of likely N-dealkylation sites (tertiary alicyclic amines) is 1. The predicted molar refractivity (Wildman–Crippen MR) is 238 cm³/mol. The first-order valence-corrected chi connectivity index (χ1v) is 22.6. The van der Waals surface area contributed by atoms with Crippen LogP contribution in [0, 0.1) is 17.8 Å². The van der Waals surface area contributed by atoms with Gasteiger partial charge in [-0.25, -0.2) is 4.79 Å². The van der Waals surface area contributed by atoms with Crippen LogP contribution in [0.1, 0.15) is 134 Å². The average molecular weight is 868 g/mol. The number of carbonyl (C=O) groups is 5. The highest BCUT2D eigenvalue weighted by atomic mass is 16.6. The summed E-state index contributed by atoms with van der Waals surface area (Å²) in [5, 5.41) is 35.7. The highest BCUT2D eigenvalue weighted by Gasteiger charge is 2.47. The second-order valence-electron chi connectivity index (χ2n) is 21.2. The number of hydroxylamine groups is 4. The molecule has 0 saturated carbocycles. The van der Waals surface area contributed by atoms with E-state index < -0.39 is 70.2 Å². The summed E-state index contributed by atoms with van der Waals surface area (Å²) in [6.45, 7) is 23.2. The van der Waals surface area contributed by atoms with Crippen LogP contribution in [0.4, 0.5) is 4.79 Å². The van der Waals surface area contributed by atoms with Gasteiger partial charge >= 0.3 is 6.09 Å². The Labute approximate surface area is 370 Å². The van der Waals surface area contributed by atoms with Crippen LogP contribution in [0.25, 0.3) is 0 Å². The fraction of sp³-hybridized carbons (Fsp3) is 0.723. The van der Waals surface area contributed by atoms with Gasteiger partial charge in [0.15, 0.2) is 0 Å². The molecule has 4 atom stereocenters. The number of alkyl carbamates (subject to hydrolysis) is 1. The van der Waals surface area contributed by atoms with Crippen LogP contribution in [-0.4, -0.2) is 121 Å². The Morgan fingerprint density at radius 1 is 0.806 bits per heavy atom. The molecular weight excluding hydrogens is 791 g/mol. The normalized spacial score (nSPS) is 23.2. The number of nitrogens with one attached hydrogen (secondary N) is 4. The molecular formula is C47H77N7O8. The summed E-state index contributed by atoms with van der Waals surface area (Å²) in [5.41, 5.74) is -1.34. The minimum atomic E-state index is -0.945. The van der Waals surface area contributed by atoms with Crippen molar-refractivity contribution in [3.05, 3.63) is 48.0 Å². The summed E-state index contributed by atoms with van der Waals surface area (Å²) >= 11 is 0. The van der Waals surface area contributed by atoms with Crippen molar-refractivity contribution < 1.29 is 39.1 Å². The molecule has 62 heavy (non-hydrogen) atoms. The topological polar surface area (TPSA) is 193 Å². The maximum atomic E-state index is 14.5. The molecule has 1 aromatic rings. The number of nitrogens with zero attached hydrogens (tertiary/aromatic N) is 3. The molecule has 3 heterocycles. The lowest BCUT2D eigenvalue weighted by molar-refractivity contribution is -0.256. The Balaban J connectivity index is 1.44. The molecule has 0 radical (unpaired) electrons. The van der Waals surface area contributed by atoms with Gasteiger partial charge < -0.3 is 41.3 Å². The van der Waals surface area contributed by atoms with E-state index in [1.165, 1.54) is 10.1 Å². The summed E-state index contributed by atoms with van der Waals surface area (Å²) in [6, 6.07) is 7.27. The van der Waals surface area contributed by atoms with E-state index in [4.69, 9.17) is 4.74 Å². The SMILES string of the molecule is CC(C)CC(/C=C/[C@H](Cc1ccccc1)C(=O)N1CCCC1C(=O)NC(C(=O)NCC(=O)NC1CC(C)(C)N(O)C(C)(C)C1)C(C)C)NC(=O)OC1CC(C)(C)N(O)C(C)(C)C1. The molecule has 3 saturated heterocycles. The van der Waals surface area contributed by atoms with Crippen molar-refractivity contribution in [3.8, 4) is 0 Å². The van der Waals surface area contributed by atoms with Crippen molar-refractivity contribution in [1.29, 1.82) is 0 Å². The quantitative estimate of drug-likeness (QED) is 0.112. The third kappa shape index (κ3) is 13.5. The van der Waals surface area contributed by atoms with Crippen LogP contribution in [0.2, 0.25) is 0 Å². The monoisotopic (exact) mass is 868 g/mol. The average Bonchev–Trinajstić information content (AvgIpc) is 3.65. The van der Waals surface area contributed by atoms with E-state index in [0.29, 0.717) is 57.9 Å². The summed E-state index contributed by atoms with van der Waals surface area (Å²) in [5.74, 6) is -2.28. The van der Waals surface area contributed by atoms with E-state index in [-0.39, 0.29) is 36.2 Å². The summed E-state index contributed by atoms with van der Waals surface area (Å²) in [7, 11) is 0. The van der Waals surface area contributed by atoms with Crippen molar-refractivity contribution in [1.82, 2.24) is 36.3 Å². The van der Waals surface area contributed by atoms with Crippen LogP contribution in [0.5, 0.6) is 0 Å². The van der Waals surface area contributed by atoms with Gasteiger partial charge in [0.05, 0.1) is 18.5 Å². The second kappa shape index (κ2) is 20.6. The summed E-state index contributed by atoms with van der Waals surface area (Å²) < 4.78 is 5.94. The van der Waals surface area contributed by atoms with E-state index in [0.717, 1.165) is 5.56 Å². The molecule has 0 bridgehead atoms. The zero-order valence-electron chi connectivity index (χ0n) is 39.4. The molecule has 3 aliphatic heterocycles. The van der Waals surface area contributed by atoms with Crippen molar-refractivity contribution in [2.75, 3.05) is 13.1 Å². The first-order valence-electron chi connectivity index (χ1n) is 22.6. The number of piperidine rings is 2. The molecule has 4 rings (SSSR count). The van der Waals surface area contributed by atoms with Crippen LogP contribution in [0.3, 0.4) is 0 Å². The fourth-order valence-electron chi connectivity index (χ4n) is 9.90. The Morgan fingerprint density at radius 3 is 1.92 bits per heavy atom. The zero-order chi connectivity index (χ0) is 46.4. The molecule has 15 nitrogen and oxygen atoms in total. The second-order valence-corrected chi connectivity index (χ2v) is 21.2. The van der Waals surface area contributed by atoms with Crippen LogP contribution >= 0.6 is 0 Å². The van der Waals surface area contributed by atoms with Gasteiger partial charge in [0.2, 0.25) is 23.6 Å². The van der Waals surface area contributed by atoms with Crippen LogP contribution < -0.4 is 21.3 Å². The van der Waals surface area contributed by atoms with E-state index in [1.807, 2.05) is 112 Å². The lowest BCUT2D eigenvalue weighted by Gasteiger charge is -2.51. The van der Waals surface area contributed by atoms with Gasteiger partial charge in [-0.15, -0.1) is 0 Å². The first-order chi connectivity index (χ1) is 28.7. The molecule has 0 spiro atoms. The van der Waals surface area contributed by atoms with E-state index in [2.05, 4.69) is 35.1 Å². The minimum Gasteiger partial charge on any atom is -0.446 e. The lowest BCUT2D eigenvalue weighted by Crippen LogP contribution is -2.63. The smallest absolute Gasteiger partial charge is 0.407 e. The largest absolute Gasteiger partial charge is 0.446 e. The molecule has 3 unspecified atom stereocenters. The molecule has 3 aliphatic rings. The van der Waals surface area contributed by atoms with Gasteiger partial charge in [-0.1, -0.05) is 70.2 Å². The first kappa shape index (κ1) is 50.6. The van der Waals surface area contributed by atoms with Gasteiger partial charge in [0.1, 0.15) is 18.2 Å². The van der Waals surface area contributed by atoms with E-state index in [1.54, 1.807) is 4.90 Å². The minimum absolute atomic E-state index is 0.198. The van der Waals surface area contributed by atoms with E-state index in [9.17, 15) is 34.4 Å². The van der Waals surface area contributed by atoms with Crippen LogP contribution in [0.15, 0.2) is 42.5 Å². The van der Waals surface area contributed by atoms with Gasteiger partial charge in [-0.05, 0) is 111 Å². The number of amides is 5. The molecule has 348 valence electrons. The van der Waals surface area contributed by atoms with Crippen molar-refractivity contribution >= 4 is 29.7 Å².